The average molecular weight is 300 g/mol. The Balaban J connectivity index is 2.19. The summed E-state index contributed by atoms with van der Waals surface area (Å²) in [4.78, 5) is 12.9. The van der Waals surface area contributed by atoms with Crippen LogP contribution in [0.3, 0.4) is 0 Å². The number of amides is 2. The summed E-state index contributed by atoms with van der Waals surface area (Å²) in [5.41, 5.74) is 3.75. The molecule has 2 N–H and O–H groups in total. The van der Waals surface area contributed by atoms with Crippen molar-refractivity contribution in [2.45, 2.75) is 31.6 Å². The number of hydrogen-bond donors (Lipinski definition) is 3. The normalized spacial score (nSPS) is 10.5. The molecule has 3 nitrogen and oxygen atoms in total. The Labute approximate surface area is 131 Å². The lowest BCUT2D eigenvalue weighted by atomic mass is 9.98. The van der Waals surface area contributed by atoms with E-state index in [4.69, 9.17) is 0 Å². The van der Waals surface area contributed by atoms with Gasteiger partial charge < -0.3 is 10.6 Å². The Morgan fingerprint density at radius 3 is 2.43 bits per heavy atom. The standard InChI is InChI=1S/C17H20N2OS/c1-11(2)13-8-6-7-12(3)16(13)19-17(20)18-14-9-4-5-10-15(14)21/h4-11,21H,1-3H3,(H2,18,19,20). The lowest BCUT2D eigenvalue weighted by Gasteiger charge is -2.17. The lowest BCUT2D eigenvalue weighted by Crippen LogP contribution is -2.21. The second-order valence-corrected chi connectivity index (χ2v) is 5.77. The Morgan fingerprint density at radius 2 is 1.76 bits per heavy atom. The molecule has 0 aliphatic carbocycles. The van der Waals surface area contributed by atoms with Gasteiger partial charge in [0.2, 0.25) is 0 Å². The predicted molar refractivity (Wildman–Crippen MR) is 91.6 cm³/mol. The van der Waals surface area contributed by atoms with Crippen molar-refractivity contribution < 1.29 is 4.79 Å². The zero-order valence-corrected chi connectivity index (χ0v) is 13.4. The zero-order chi connectivity index (χ0) is 15.4. The van der Waals surface area contributed by atoms with E-state index in [1.54, 1.807) is 0 Å². The number of thiol groups is 1. The maximum Gasteiger partial charge on any atom is 0.323 e. The van der Waals surface area contributed by atoms with Gasteiger partial charge in [-0.05, 0) is 36.1 Å². The Bertz CT molecular complexity index is 653. The summed E-state index contributed by atoms with van der Waals surface area (Å²) in [6.07, 6.45) is 0. The molecule has 0 atom stereocenters. The number of nitrogens with one attached hydrogen (secondary N) is 2. The molecule has 0 spiro atoms. The molecular weight excluding hydrogens is 280 g/mol. The fourth-order valence-electron chi connectivity index (χ4n) is 2.19. The second-order valence-electron chi connectivity index (χ2n) is 5.29. The van der Waals surface area contributed by atoms with Crippen LogP contribution in [0, 0.1) is 6.92 Å². The fraction of sp³-hybridized carbons (Fsp3) is 0.235. The van der Waals surface area contributed by atoms with Crippen molar-refractivity contribution in [1.82, 2.24) is 0 Å². The Morgan fingerprint density at radius 1 is 1.05 bits per heavy atom. The van der Waals surface area contributed by atoms with Crippen LogP contribution in [0.25, 0.3) is 0 Å². The molecule has 2 aromatic carbocycles. The van der Waals surface area contributed by atoms with Gasteiger partial charge >= 0.3 is 6.03 Å². The summed E-state index contributed by atoms with van der Waals surface area (Å²) in [6.45, 7) is 6.22. The van der Waals surface area contributed by atoms with Crippen molar-refractivity contribution in [3.05, 3.63) is 53.6 Å². The molecule has 0 aliphatic rings. The molecule has 0 heterocycles. The number of para-hydroxylation sites is 2. The Hall–Kier alpha value is -1.94. The van der Waals surface area contributed by atoms with Gasteiger partial charge in [-0.1, -0.05) is 44.2 Å². The summed E-state index contributed by atoms with van der Waals surface area (Å²) in [6, 6.07) is 13.2. The first-order chi connectivity index (χ1) is 9.99. The molecule has 21 heavy (non-hydrogen) atoms. The van der Waals surface area contributed by atoms with E-state index in [0.29, 0.717) is 11.6 Å². The minimum absolute atomic E-state index is 0.257. The van der Waals surface area contributed by atoms with Gasteiger partial charge in [0.05, 0.1) is 5.69 Å². The third kappa shape index (κ3) is 3.79. The summed E-state index contributed by atoms with van der Waals surface area (Å²) in [5, 5.41) is 5.78. The van der Waals surface area contributed by atoms with Crippen LogP contribution in [-0.2, 0) is 0 Å². The number of carbonyl (C=O) groups excluding carboxylic acids is 1. The van der Waals surface area contributed by atoms with Crippen LogP contribution in [0.4, 0.5) is 16.2 Å². The number of carbonyl (C=O) groups is 1. The molecule has 0 saturated heterocycles. The highest BCUT2D eigenvalue weighted by atomic mass is 32.1. The van der Waals surface area contributed by atoms with E-state index in [1.165, 1.54) is 0 Å². The first kappa shape index (κ1) is 15.4. The summed E-state index contributed by atoms with van der Waals surface area (Å²) < 4.78 is 0. The van der Waals surface area contributed by atoms with Crippen molar-refractivity contribution >= 4 is 30.0 Å². The van der Waals surface area contributed by atoms with Gasteiger partial charge in [-0.2, -0.15) is 0 Å². The van der Waals surface area contributed by atoms with Crippen molar-refractivity contribution in [1.29, 1.82) is 0 Å². The highest BCUT2D eigenvalue weighted by Crippen LogP contribution is 2.27. The van der Waals surface area contributed by atoms with Crippen molar-refractivity contribution in [2.24, 2.45) is 0 Å². The molecule has 0 unspecified atom stereocenters. The van der Waals surface area contributed by atoms with E-state index in [-0.39, 0.29) is 6.03 Å². The van der Waals surface area contributed by atoms with E-state index < -0.39 is 0 Å². The van der Waals surface area contributed by atoms with E-state index in [2.05, 4.69) is 37.1 Å². The van der Waals surface area contributed by atoms with Gasteiger partial charge in [-0.15, -0.1) is 12.6 Å². The molecule has 0 bridgehead atoms. The van der Waals surface area contributed by atoms with Gasteiger partial charge in [0, 0.05) is 10.6 Å². The van der Waals surface area contributed by atoms with E-state index in [1.807, 2.05) is 49.4 Å². The molecule has 0 radical (unpaired) electrons. The molecule has 110 valence electrons. The van der Waals surface area contributed by atoms with Crippen LogP contribution in [-0.4, -0.2) is 6.03 Å². The molecule has 2 aromatic rings. The predicted octanol–water partition coefficient (Wildman–Crippen LogP) is 5.05. The molecule has 0 aromatic heterocycles. The maximum absolute atomic E-state index is 12.2. The quantitative estimate of drug-likeness (QED) is 0.682. The summed E-state index contributed by atoms with van der Waals surface area (Å²) in [7, 11) is 0. The molecule has 2 rings (SSSR count). The molecule has 4 heteroatoms. The molecule has 2 amide bonds. The van der Waals surface area contributed by atoms with Crippen LogP contribution in [0.15, 0.2) is 47.4 Å². The van der Waals surface area contributed by atoms with E-state index >= 15 is 0 Å². The van der Waals surface area contributed by atoms with Crippen molar-refractivity contribution in [2.75, 3.05) is 10.6 Å². The van der Waals surface area contributed by atoms with Gasteiger partial charge in [0.15, 0.2) is 0 Å². The largest absolute Gasteiger partial charge is 0.323 e. The number of benzene rings is 2. The van der Waals surface area contributed by atoms with Crippen LogP contribution >= 0.6 is 12.6 Å². The van der Waals surface area contributed by atoms with Gasteiger partial charge in [-0.3, -0.25) is 0 Å². The third-order valence-corrected chi connectivity index (χ3v) is 3.71. The third-order valence-electron chi connectivity index (χ3n) is 3.32. The first-order valence-corrected chi connectivity index (χ1v) is 7.39. The van der Waals surface area contributed by atoms with Crippen LogP contribution in [0.1, 0.15) is 30.9 Å². The number of aryl methyl sites for hydroxylation is 1. The van der Waals surface area contributed by atoms with Crippen molar-refractivity contribution in [3.8, 4) is 0 Å². The van der Waals surface area contributed by atoms with Crippen LogP contribution < -0.4 is 10.6 Å². The molecular formula is C17H20N2OS. The Kier molecular flexibility index (Phi) is 4.91. The topological polar surface area (TPSA) is 41.1 Å². The summed E-state index contributed by atoms with van der Waals surface area (Å²) in [5.74, 6) is 0.345. The number of rotatable bonds is 3. The van der Waals surface area contributed by atoms with Gasteiger partial charge in [0.25, 0.3) is 0 Å². The monoisotopic (exact) mass is 300 g/mol. The average Bonchev–Trinajstić information content (AvgIpc) is 2.43. The SMILES string of the molecule is Cc1cccc(C(C)C)c1NC(=O)Nc1ccccc1S. The van der Waals surface area contributed by atoms with Gasteiger partial charge in [-0.25, -0.2) is 4.79 Å². The van der Waals surface area contributed by atoms with Crippen molar-refractivity contribution in [3.63, 3.8) is 0 Å². The molecule has 0 saturated carbocycles. The summed E-state index contributed by atoms with van der Waals surface area (Å²) >= 11 is 4.33. The first-order valence-electron chi connectivity index (χ1n) is 6.94. The van der Waals surface area contributed by atoms with E-state index in [9.17, 15) is 4.79 Å². The highest BCUT2D eigenvalue weighted by molar-refractivity contribution is 7.80. The second kappa shape index (κ2) is 6.68. The minimum Gasteiger partial charge on any atom is -0.307 e. The fourth-order valence-corrected chi connectivity index (χ4v) is 2.41. The lowest BCUT2D eigenvalue weighted by molar-refractivity contribution is 0.262. The smallest absolute Gasteiger partial charge is 0.307 e. The number of urea groups is 1. The zero-order valence-electron chi connectivity index (χ0n) is 12.5. The highest BCUT2D eigenvalue weighted by Gasteiger charge is 2.12. The maximum atomic E-state index is 12.2. The minimum atomic E-state index is -0.257. The van der Waals surface area contributed by atoms with E-state index in [0.717, 1.165) is 21.7 Å². The van der Waals surface area contributed by atoms with Gasteiger partial charge in [0.1, 0.15) is 0 Å². The number of anilines is 2. The molecule has 0 fully saturated rings. The number of hydrogen-bond acceptors (Lipinski definition) is 2. The van der Waals surface area contributed by atoms with Crippen LogP contribution in [0.2, 0.25) is 0 Å². The molecule has 0 aliphatic heterocycles. The van der Waals surface area contributed by atoms with Crippen LogP contribution in [0.5, 0.6) is 0 Å².